The summed E-state index contributed by atoms with van der Waals surface area (Å²) in [5.41, 5.74) is 3.94. The zero-order valence-corrected chi connectivity index (χ0v) is 18.0. The highest BCUT2D eigenvalue weighted by Gasteiger charge is 2.23. The highest BCUT2D eigenvalue weighted by Crippen LogP contribution is 2.32. The van der Waals surface area contributed by atoms with E-state index in [1.807, 2.05) is 14.1 Å². The van der Waals surface area contributed by atoms with Gasteiger partial charge >= 0.3 is 0 Å². The van der Waals surface area contributed by atoms with Crippen LogP contribution in [0.1, 0.15) is 28.0 Å². The molecular formula is C19H26ClN5OS. The smallest absolute Gasteiger partial charge is 0.278 e. The predicted octanol–water partition coefficient (Wildman–Crippen LogP) is 3.67. The van der Waals surface area contributed by atoms with Crippen LogP contribution in [0, 0.1) is 13.8 Å². The average Bonchev–Trinajstić information content (AvgIpc) is 3.21. The molecule has 3 rings (SSSR count). The number of amides is 1. The van der Waals surface area contributed by atoms with E-state index in [1.54, 1.807) is 40.2 Å². The van der Waals surface area contributed by atoms with Crippen molar-refractivity contribution in [3.05, 3.63) is 41.2 Å². The van der Waals surface area contributed by atoms with Gasteiger partial charge in [0.15, 0.2) is 5.13 Å². The van der Waals surface area contributed by atoms with Gasteiger partial charge in [0.1, 0.15) is 5.69 Å². The zero-order valence-electron chi connectivity index (χ0n) is 16.4. The number of rotatable bonds is 6. The molecule has 0 radical (unpaired) electrons. The molecule has 0 bridgehead atoms. The Morgan fingerprint density at radius 3 is 2.56 bits per heavy atom. The van der Waals surface area contributed by atoms with Crippen LogP contribution < -0.4 is 4.90 Å². The molecule has 2 heterocycles. The number of halogens is 1. The van der Waals surface area contributed by atoms with E-state index >= 15 is 0 Å². The molecule has 0 saturated carbocycles. The molecule has 2 aromatic heterocycles. The van der Waals surface area contributed by atoms with Gasteiger partial charge in [0.2, 0.25) is 0 Å². The summed E-state index contributed by atoms with van der Waals surface area (Å²) >= 11 is 1.57. The molecule has 0 aliphatic rings. The first-order valence-electron chi connectivity index (χ1n) is 8.70. The number of hydrogen-bond donors (Lipinski definition) is 0. The monoisotopic (exact) mass is 407 g/mol. The van der Waals surface area contributed by atoms with Crippen molar-refractivity contribution in [1.82, 2.24) is 19.7 Å². The van der Waals surface area contributed by atoms with Crippen LogP contribution in [0.5, 0.6) is 0 Å². The van der Waals surface area contributed by atoms with Crippen molar-refractivity contribution in [2.45, 2.75) is 20.3 Å². The molecule has 0 fully saturated rings. The van der Waals surface area contributed by atoms with Crippen LogP contribution in [-0.4, -0.2) is 52.8 Å². The van der Waals surface area contributed by atoms with Crippen molar-refractivity contribution in [3.8, 4) is 0 Å². The summed E-state index contributed by atoms with van der Waals surface area (Å²) in [6.45, 7) is 5.71. The highest BCUT2D eigenvalue weighted by molar-refractivity contribution is 7.22. The van der Waals surface area contributed by atoms with Crippen LogP contribution in [-0.2, 0) is 7.05 Å². The zero-order chi connectivity index (χ0) is 18.8. The maximum absolute atomic E-state index is 13.1. The van der Waals surface area contributed by atoms with Gasteiger partial charge < -0.3 is 4.90 Å². The van der Waals surface area contributed by atoms with Crippen molar-refractivity contribution in [1.29, 1.82) is 0 Å². The largest absolute Gasteiger partial charge is 0.309 e. The lowest BCUT2D eigenvalue weighted by Gasteiger charge is -2.21. The Labute approximate surface area is 170 Å². The third kappa shape index (κ3) is 4.48. The Bertz CT molecular complexity index is 933. The third-order valence-electron chi connectivity index (χ3n) is 4.58. The summed E-state index contributed by atoms with van der Waals surface area (Å²) in [5.74, 6) is -0.0582. The minimum absolute atomic E-state index is 0. The molecule has 1 aromatic carbocycles. The van der Waals surface area contributed by atoms with E-state index in [0.29, 0.717) is 12.2 Å². The molecule has 0 spiro atoms. The average molecular weight is 408 g/mol. The van der Waals surface area contributed by atoms with Gasteiger partial charge in [-0.15, -0.1) is 12.4 Å². The number of anilines is 1. The maximum Gasteiger partial charge on any atom is 0.278 e. The van der Waals surface area contributed by atoms with E-state index in [0.717, 1.165) is 28.3 Å². The van der Waals surface area contributed by atoms with Crippen molar-refractivity contribution in [2.24, 2.45) is 7.05 Å². The molecule has 146 valence electrons. The molecular weight excluding hydrogens is 382 g/mol. The number of hydrogen-bond acceptors (Lipinski definition) is 5. The SMILES string of the molecule is Cc1ccc2sc(N(CCCN(C)C)C(=O)c3ccnn3C)nc2c1C.Cl. The van der Waals surface area contributed by atoms with Crippen LogP contribution in [0.3, 0.4) is 0 Å². The van der Waals surface area contributed by atoms with E-state index in [4.69, 9.17) is 4.98 Å². The number of carbonyl (C=O) groups is 1. The summed E-state index contributed by atoms with van der Waals surface area (Å²) in [4.78, 5) is 21.9. The Kier molecular flexibility index (Phi) is 6.97. The number of nitrogens with zero attached hydrogens (tertiary/aromatic N) is 5. The Morgan fingerprint density at radius 1 is 1.19 bits per heavy atom. The summed E-state index contributed by atoms with van der Waals surface area (Å²) in [7, 11) is 5.87. The molecule has 0 N–H and O–H groups in total. The minimum Gasteiger partial charge on any atom is -0.309 e. The molecule has 8 heteroatoms. The molecule has 0 atom stereocenters. The fourth-order valence-corrected chi connectivity index (χ4v) is 3.93. The molecule has 1 amide bonds. The van der Waals surface area contributed by atoms with Crippen molar-refractivity contribution in [3.63, 3.8) is 0 Å². The number of fused-ring (bicyclic) bond motifs is 1. The maximum atomic E-state index is 13.1. The molecule has 0 aliphatic heterocycles. The van der Waals surface area contributed by atoms with Gasteiger partial charge in [-0.05, 0) is 64.2 Å². The Balaban J connectivity index is 0.00000261. The first-order chi connectivity index (χ1) is 12.4. The van der Waals surface area contributed by atoms with Crippen LogP contribution in [0.25, 0.3) is 10.2 Å². The number of thiazole rings is 1. The second-order valence-corrected chi connectivity index (χ2v) is 7.81. The van der Waals surface area contributed by atoms with E-state index in [1.165, 1.54) is 11.1 Å². The minimum atomic E-state index is -0.0582. The van der Waals surface area contributed by atoms with Crippen LogP contribution in [0.4, 0.5) is 5.13 Å². The molecule has 0 unspecified atom stereocenters. The molecule has 27 heavy (non-hydrogen) atoms. The summed E-state index contributed by atoms with van der Waals surface area (Å²) < 4.78 is 2.72. The standard InChI is InChI=1S/C19H25N5OS.ClH/c1-13-7-8-16-17(14(13)2)21-19(26-16)24(12-6-11-22(3)4)18(25)15-9-10-20-23(15)5;/h7-10H,6,11-12H2,1-5H3;1H. The molecule has 3 aromatic rings. The normalized spacial score (nSPS) is 11.0. The van der Waals surface area contributed by atoms with E-state index in [-0.39, 0.29) is 18.3 Å². The molecule has 0 aliphatic carbocycles. The number of benzene rings is 1. The topological polar surface area (TPSA) is 54.3 Å². The summed E-state index contributed by atoms with van der Waals surface area (Å²) in [6.07, 6.45) is 2.53. The number of aromatic nitrogens is 3. The highest BCUT2D eigenvalue weighted by atomic mass is 35.5. The van der Waals surface area contributed by atoms with Gasteiger partial charge in [-0.2, -0.15) is 5.10 Å². The van der Waals surface area contributed by atoms with E-state index in [9.17, 15) is 4.79 Å². The first kappa shape index (κ1) is 21.3. The van der Waals surface area contributed by atoms with E-state index in [2.05, 4.69) is 36.0 Å². The fraction of sp³-hybridized carbons (Fsp3) is 0.421. The van der Waals surface area contributed by atoms with Gasteiger partial charge in [-0.1, -0.05) is 17.4 Å². The third-order valence-corrected chi connectivity index (χ3v) is 5.62. The molecule has 0 saturated heterocycles. The second kappa shape index (κ2) is 8.82. The van der Waals surface area contributed by atoms with Gasteiger partial charge in [-0.3, -0.25) is 14.4 Å². The lowest BCUT2D eigenvalue weighted by Crippen LogP contribution is -2.34. The van der Waals surface area contributed by atoms with Gasteiger partial charge in [0, 0.05) is 19.8 Å². The van der Waals surface area contributed by atoms with Crippen molar-refractivity contribution >= 4 is 45.0 Å². The van der Waals surface area contributed by atoms with Crippen molar-refractivity contribution in [2.75, 3.05) is 32.1 Å². The van der Waals surface area contributed by atoms with E-state index < -0.39 is 0 Å². The second-order valence-electron chi connectivity index (χ2n) is 6.80. The summed E-state index contributed by atoms with van der Waals surface area (Å²) in [5, 5.41) is 4.88. The Morgan fingerprint density at radius 2 is 1.93 bits per heavy atom. The predicted molar refractivity (Wildman–Crippen MR) is 114 cm³/mol. The number of carbonyl (C=O) groups excluding carboxylic acids is 1. The fourth-order valence-electron chi connectivity index (χ4n) is 2.88. The number of aryl methyl sites for hydroxylation is 3. The quantitative estimate of drug-likeness (QED) is 0.625. The van der Waals surface area contributed by atoms with Crippen LogP contribution >= 0.6 is 23.7 Å². The molecule has 6 nitrogen and oxygen atoms in total. The van der Waals surface area contributed by atoms with Crippen molar-refractivity contribution < 1.29 is 4.79 Å². The van der Waals surface area contributed by atoms with Crippen LogP contribution in [0.15, 0.2) is 24.4 Å². The van der Waals surface area contributed by atoms with Gasteiger partial charge in [-0.25, -0.2) is 4.98 Å². The van der Waals surface area contributed by atoms with Gasteiger partial charge in [0.05, 0.1) is 10.2 Å². The lowest BCUT2D eigenvalue weighted by molar-refractivity contribution is 0.0977. The first-order valence-corrected chi connectivity index (χ1v) is 9.51. The Hall–Kier alpha value is -1.96. The van der Waals surface area contributed by atoms with Gasteiger partial charge in [0.25, 0.3) is 5.91 Å². The summed E-state index contributed by atoms with van der Waals surface area (Å²) in [6, 6.07) is 5.95. The lowest BCUT2D eigenvalue weighted by atomic mass is 10.1. The van der Waals surface area contributed by atoms with Crippen LogP contribution in [0.2, 0.25) is 0 Å².